The Morgan fingerprint density at radius 3 is 2.59 bits per heavy atom. The topological polar surface area (TPSA) is 73.7 Å². The Morgan fingerprint density at radius 2 is 1.89 bits per heavy atom. The summed E-state index contributed by atoms with van der Waals surface area (Å²) >= 11 is 7.42. The van der Waals surface area contributed by atoms with Crippen LogP contribution in [-0.4, -0.2) is 53.8 Å². The Morgan fingerprint density at radius 1 is 1.14 bits per heavy atom. The molecule has 1 amide bonds. The number of morpholine rings is 1. The maximum atomic E-state index is 14.5. The van der Waals surface area contributed by atoms with E-state index in [1.54, 1.807) is 66.6 Å². The molecule has 0 spiro atoms. The lowest BCUT2D eigenvalue weighted by Crippen LogP contribution is -2.40. The van der Waals surface area contributed by atoms with Gasteiger partial charge in [-0.1, -0.05) is 29.4 Å². The molecule has 7 nitrogen and oxygen atoms in total. The van der Waals surface area contributed by atoms with Crippen LogP contribution in [0, 0.1) is 5.82 Å². The molecule has 0 atom stereocenters. The molecule has 1 aromatic heterocycles. The minimum Gasteiger partial charge on any atom is -0.497 e. The molecule has 2 heterocycles. The van der Waals surface area contributed by atoms with Gasteiger partial charge in [-0.15, -0.1) is 0 Å². The quantitative estimate of drug-likeness (QED) is 0.255. The van der Waals surface area contributed by atoms with Gasteiger partial charge in [-0.25, -0.2) is 9.37 Å². The number of hydrogen-bond donors (Lipinski definition) is 0. The van der Waals surface area contributed by atoms with Crippen LogP contribution in [0.4, 0.5) is 4.39 Å². The number of thioether (sulfide) groups is 1. The molecule has 37 heavy (non-hydrogen) atoms. The third kappa shape index (κ3) is 5.20. The van der Waals surface area contributed by atoms with Crippen molar-refractivity contribution in [1.82, 2.24) is 14.5 Å². The summed E-state index contributed by atoms with van der Waals surface area (Å²) in [6.07, 6.45) is 0. The van der Waals surface area contributed by atoms with E-state index in [0.717, 1.165) is 0 Å². The van der Waals surface area contributed by atoms with Crippen molar-refractivity contribution in [1.29, 1.82) is 0 Å². The van der Waals surface area contributed by atoms with Gasteiger partial charge in [0.1, 0.15) is 11.6 Å². The number of rotatable bonds is 6. The Labute approximate surface area is 221 Å². The summed E-state index contributed by atoms with van der Waals surface area (Å²) in [4.78, 5) is 33.2. The van der Waals surface area contributed by atoms with E-state index in [0.29, 0.717) is 69.9 Å². The van der Waals surface area contributed by atoms with Crippen LogP contribution in [0.3, 0.4) is 0 Å². The lowest BCUT2D eigenvalue weighted by molar-refractivity contribution is 0.0303. The summed E-state index contributed by atoms with van der Waals surface area (Å²) in [6, 6.07) is 16.4. The highest BCUT2D eigenvalue weighted by molar-refractivity contribution is 7.98. The molecule has 0 bridgehead atoms. The number of halogens is 2. The number of amides is 1. The van der Waals surface area contributed by atoms with E-state index >= 15 is 0 Å². The first-order chi connectivity index (χ1) is 18.0. The van der Waals surface area contributed by atoms with Gasteiger partial charge in [-0.05, 0) is 54.6 Å². The van der Waals surface area contributed by atoms with Gasteiger partial charge in [0.25, 0.3) is 11.5 Å². The molecule has 1 saturated heterocycles. The molecule has 190 valence electrons. The molecule has 0 saturated carbocycles. The molecular weight excluding hydrogens is 517 g/mol. The molecule has 10 heteroatoms. The molecule has 1 aliphatic rings. The van der Waals surface area contributed by atoms with Crippen LogP contribution in [-0.2, 0) is 10.5 Å². The van der Waals surface area contributed by atoms with Crippen LogP contribution in [0.2, 0.25) is 5.02 Å². The minimum atomic E-state index is -0.433. The molecule has 0 N–H and O–H groups in total. The molecule has 0 aliphatic carbocycles. The lowest BCUT2D eigenvalue weighted by Gasteiger charge is -2.26. The van der Waals surface area contributed by atoms with Crippen LogP contribution in [0.25, 0.3) is 16.6 Å². The van der Waals surface area contributed by atoms with E-state index in [-0.39, 0.29) is 17.2 Å². The molecule has 4 aromatic rings. The molecule has 3 aromatic carbocycles. The number of carbonyl (C=O) groups is 1. The van der Waals surface area contributed by atoms with Crippen molar-refractivity contribution >= 4 is 40.2 Å². The van der Waals surface area contributed by atoms with Gasteiger partial charge >= 0.3 is 0 Å². The van der Waals surface area contributed by atoms with Gasteiger partial charge in [0.15, 0.2) is 5.16 Å². The fourth-order valence-electron chi connectivity index (χ4n) is 4.11. The predicted octanol–water partition coefficient (Wildman–Crippen LogP) is 4.95. The highest BCUT2D eigenvalue weighted by Gasteiger charge is 2.21. The summed E-state index contributed by atoms with van der Waals surface area (Å²) < 4.78 is 26.5. The molecule has 0 unspecified atom stereocenters. The molecule has 1 fully saturated rings. The third-order valence-electron chi connectivity index (χ3n) is 6.12. The normalized spacial score (nSPS) is 13.6. The number of fused-ring (bicyclic) bond motifs is 1. The SMILES string of the molecule is COc1ccc(-n2c(SCc3c(F)cccc3Cl)nc3cc(C(=O)N4CCOCC4)ccc3c2=O)cc1. The van der Waals surface area contributed by atoms with Gasteiger partial charge in [-0.2, -0.15) is 0 Å². The Hall–Kier alpha value is -3.40. The second kappa shape index (κ2) is 10.9. The zero-order valence-corrected chi connectivity index (χ0v) is 21.5. The van der Waals surface area contributed by atoms with E-state index in [1.165, 1.54) is 22.4 Å². The Kier molecular flexibility index (Phi) is 7.45. The second-order valence-corrected chi connectivity index (χ2v) is 9.71. The van der Waals surface area contributed by atoms with Crippen molar-refractivity contribution in [3.8, 4) is 11.4 Å². The maximum absolute atomic E-state index is 14.5. The smallest absolute Gasteiger partial charge is 0.266 e. The molecular formula is C27H23ClFN3O4S. The summed E-state index contributed by atoms with van der Waals surface area (Å²) in [5.41, 5.74) is 1.42. The number of aromatic nitrogens is 2. The highest BCUT2D eigenvalue weighted by Crippen LogP contribution is 2.30. The standard InChI is InChI=1S/C27H23ClFN3O4S/c1-35-19-8-6-18(7-9-19)32-26(34)20-10-5-17(25(33)31-11-13-36-14-12-31)15-24(20)30-27(32)37-16-21-22(28)3-2-4-23(21)29/h2-10,15H,11-14,16H2,1H3. The number of ether oxygens (including phenoxy) is 2. The minimum absolute atomic E-state index is 0.140. The lowest BCUT2D eigenvalue weighted by atomic mass is 10.1. The Balaban J connectivity index is 1.60. The summed E-state index contributed by atoms with van der Waals surface area (Å²) in [5, 5.41) is 1.01. The van der Waals surface area contributed by atoms with Gasteiger partial charge < -0.3 is 14.4 Å². The predicted molar refractivity (Wildman–Crippen MR) is 142 cm³/mol. The third-order valence-corrected chi connectivity index (χ3v) is 7.44. The zero-order valence-electron chi connectivity index (χ0n) is 19.9. The highest BCUT2D eigenvalue weighted by atomic mass is 35.5. The fraction of sp³-hybridized carbons (Fsp3) is 0.222. The van der Waals surface area contributed by atoms with Crippen LogP contribution in [0.15, 0.2) is 70.6 Å². The van der Waals surface area contributed by atoms with Crippen LogP contribution in [0.5, 0.6) is 5.75 Å². The summed E-state index contributed by atoms with van der Waals surface area (Å²) in [7, 11) is 1.56. The number of carbonyl (C=O) groups excluding carboxylic acids is 1. The molecule has 5 rings (SSSR count). The van der Waals surface area contributed by atoms with Gasteiger partial charge in [0.2, 0.25) is 0 Å². The van der Waals surface area contributed by atoms with E-state index in [9.17, 15) is 14.0 Å². The largest absolute Gasteiger partial charge is 0.497 e. The average Bonchev–Trinajstić information content (AvgIpc) is 2.93. The van der Waals surface area contributed by atoms with Crippen molar-refractivity contribution in [2.45, 2.75) is 10.9 Å². The van der Waals surface area contributed by atoms with Crippen molar-refractivity contribution in [2.24, 2.45) is 0 Å². The monoisotopic (exact) mass is 539 g/mol. The fourth-order valence-corrected chi connectivity index (χ4v) is 5.47. The number of nitrogens with zero attached hydrogens (tertiary/aromatic N) is 3. The van der Waals surface area contributed by atoms with Crippen molar-refractivity contribution in [3.05, 3.63) is 93.0 Å². The zero-order chi connectivity index (χ0) is 25.9. The van der Waals surface area contributed by atoms with E-state index in [1.807, 2.05) is 0 Å². The summed E-state index contributed by atoms with van der Waals surface area (Å²) in [5.74, 6) is 0.229. The Bertz CT molecular complexity index is 1500. The van der Waals surface area contributed by atoms with Gasteiger partial charge in [-0.3, -0.25) is 14.2 Å². The van der Waals surface area contributed by atoms with Crippen LogP contribution < -0.4 is 10.3 Å². The molecule has 1 aliphatic heterocycles. The summed E-state index contributed by atoms with van der Waals surface area (Å²) in [6.45, 7) is 1.99. The first-order valence-electron chi connectivity index (χ1n) is 11.6. The number of benzene rings is 3. The van der Waals surface area contributed by atoms with E-state index < -0.39 is 5.82 Å². The first kappa shape index (κ1) is 25.3. The van der Waals surface area contributed by atoms with Crippen LogP contribution in [0.1, 0.15) is 15.9 Å². The van der Waals surface area contributed by atoms with Crippen LogP contribution >= 0.6 is 23.4 Å². The van der Waals surface area contributed by atoms with Crippen molar-refractivity contribution in [2.75, 3.05) is 33.4 Å². The van der Waals surface area contributed by atoms with Crippen molar-refractivity contribution in [3.63, 3.8) is 0 Å². The maximum Gasteiger partial charge on any atom is 0.266 e. The van der Waals surface area contributed by atoms with E-state index in [2.05, 4.69) is 0 Å². The van der Waals surface area contributed by atoms with Gasteiger partial charge in [0, 0.05) is 35.0 Å². The number of methoxy groups -OCH3 is 1. The second-order valence-electron chi connectivity index (χ2n) is 8.36. The molecule has 0 radical (unpaired) electrons. The van der Waals surface area contributed by atoms with Crippen molar-refractivity contribution < 1.29 is 18.7 Å². The number of hydrogen-bond acceptors (Lipinski definition) is 6. The van der Waals surface area contributed by atoms with E-state index in [4.69, 9.17) is 26.1 Å². The van der Waals surface area contributed by atoms with Gasteiger partial charge in [0.05, 0.1) is 36.9 Å². The first-order valence-corrected chi connectivity index (χ1v) is 13.0. The average molecular weight is 540 g/mol.